The topological polar surface area (TPSA) is 94.8 Å². The first-order valence-corrected chi connectivity index (χ1v) is 10.1. The van der Waals surface area contributed by atoms with Crippen LogP contribution in [0.4, 0.5) is 19.1 Å². The Kier molecular flexibility index (Phi) is 5.16. The third-order valence-corrected chi connectivity index (χ3v) is 5.15. The molecule has 1 aliphatic rings. The number of aromatic nitrogens is 3. The lowest BCUT2D eigenvalue weighted by Gasteiger charge is -2.13. The number of cyclic esters (lactones) is 1. The average molecular weight is 468 g/mol. The van der Waals surface area contributed by atoms with Crippen LogP contribution in [0.5, 0.6) is 5.75 Å². The highest BCUT2D eigenvalue weighted by Crippen LogP contribution is 2.34. The largest absolute Gasteiger partial charge is 0.573 e. The van der Waals surface area contributed by atoms with E-state index in [2.05, 4.69) is 20.1 Å². The molecule has 0 aliphatic carbocycles. The summed E-state index contributed by atoms with van der Waals surface area (Å²) in [4.78, 5) is 28.6. The smallest absolute Gasteiger partial charge is 0.453 e. The highest BCUT2D eigenvalue weighted by Gasteiger charge is 2.33. The Morgan fingerprint density at radius 3 is 2.59 bits per heavy atom. The monoisotopic (exact) mass is 468 g/mol. The number of hydrogen-bond acceptors (Lipinski definition) is 6. The van der Waals surface area contributed by atoms with Crippen molar-refractivity contribution >= 4 is 23.5 Å². The molecular formula is C23H15F3N4O4. The number of halogens is 3. The predicted molar refractivity (Wildman–Crippen MR) is 113 cm³/mol. The molecule has 0 bridgehead atoms. The zero-order valence-corrected chi connectivity index (χ0v) is 17.2. The summed E-state index contributed by atoms with van der Waals surface area (Å²) in [5.41, 5.74) is 2.04. The first-order valence-electron chi connectivity index (χ1n) is 10.1. The number of nitrogens with zero attached hydrogens (tertiary/aromatic N) is 3. The summed E-state index contributed by atoms with van der Waals surface area (Å²) in [6.07, 6.45) is -4.19. The molecule has 4 aromatic rings. The number of pyridine rings is 1. The molecule has 2 aromatic heterocycles. The van der Waals surface area contributed by atoms with Gasteiger partial charge in [0.25, 0.3) is 0 Å². The molecule has 1 atom stereocenters. The number of esters is 1. The second-order valence-electron chi connectivity index (χ2n) is 7.43. The quantitative estimate of drug-likeness (QED) is 0.433. The molecule has 11 heteroatoms. The first kappa shape index (κ1) is 21.4. The average Bonchev–Trinajstić information content (AvgIpc) is 3.32. The third-order valence-electron chi connectivity index (χ3n) is 5.15. The summed E-state index contributed by atoms with van der Waals surface area (Å²) in [6.45, 7) is 0. The number of alkyl halides is 3. The summed E-state index contributed by atoms with van der Waals surface area (Å²) >= 11 is 0. The molecule has 2 aromatic carbocycles. The molecular weight excluding hydrogens is 453 g/mol. The number of benzene rings is 2. The number of rotatable bonds is 5. The fraction of sp³-hybridized carbons (Fsp3) is 0.130. The van der Waals surface area contributed by atoms with Gasteiger partial charge in [-0.15, -0.1) is 18.3 Å². The molecule has 0 saturated heterocycles. The van der Waals surface area contributed by atoms with E-state index in [1.807, 2.05) is 0 Å². The fourth-order valence-corrected chi connectivity index (χ4v) is 3.73. The van der Waals surface area contributed by atoms with Gasteiger partial charge in [-0.1, -0.05) is 36.4 Å². The van der Waals surface area contributed by atoms with Crippen LogP contribution in [0.25, 0.3) is 16.8 Å². The molecule has 3 heterocycles. The maximum Gasteiger partial charge on any atom is 0.573 e. The van der Waals surface area contributed by atoms with Crippen molar-refractivity contribution in [1.29, 1.82) is 0 Å². The van der Waals surface area contributed by atoms with E-state index in [-0.39, 0.29) is 23.7 Å². The summed E-state index contributed by atoms with van der Waals surface area (Å²) in [7, 11) is 0. The van der Waals surface area contributed by atoms with Crippen molar-refractivity contribution in [3.05, 3.63) is 78.0 Å². The third kappa shape index (κ3) is 4.27. The minimum atomic E-state index is -4.83. The molecule has 0 radical (unpaired) electrons. The van der Waals surface area contributed by atoms with Crippen LogP contribution in [0, 0.1) is 0 Å². The number of para-hydroxylation sites is 1. The van der Waals surface area contributed by atoms with Gasteiger partial charge >= 0.3 is 12.3 Å². The Morgan fingerprint density at radius 1 is 1.06 bits per heavy atom. The van der Waals surface area contributed by atoms with Gasteiger partial charge in [0.05, 0.1) is 12.0 Å². The van der Waals surface area contributed by atoms with Crippen molar-refractivity contribution in [2.45, 2.75) is 18.9 Å². The molecule has 1 aliphatic heterocycles. The highest BCUT2D eigenvalue weighted by atomic mass is 19.4. The lowest BCUT2D eigenvalue weighted by molar-refractivity contribution is -0.274. The lowest BCUT2D eigenvalue weighted by Crippen LogP contribution is -2.17. The van der Waals surface area contributed by atoms with E-state index in [4.69, 9.17) is 4.74 Å². The van der Waals surface area contributed by atoms with Crippen molar-refractivity contribution < 1.29 is 32.2 Å². The molecule has 8 nitrogen and oxygen atoms in total. The fourth-order valence-electron chi connectivity index (χ4n) is 3.73. The Labute approximate surface area is 189 Å². The number of nitrogens with one attached hydrogen (secondary N) is 1. The van der Waals surface area contributed by atoms with Crippen LogP contribution in [-0.2, 0) is 9.53 Å². The van der Waals surface area contributed by atoms with Crippen LogP contribution in [0.1, 0.15) is 28.4 Å². The summed E-state index contributed by atoms with van der Waals surface area (Å²) in [5, 5.41) is 6.74. The van der Waals surface area contributed by atoms with Crippen LogP contribution < -0.4 is 10.1 Å². The lowest BCUT2D eigenvalue weighted by atomic mass is 10.0. The SMILES string of the molecule is O=C(C[C@H]1OC(=O)c2ccccc21)Nc1nc2ccc(-c3ccccc3OC(F)(F)F)cn2n1. The maximum atomic E-state index is 12.7. The second-order valence-corrected chi connectivity index (χ2v) is 7.43. The number of hydrogen-bond donors (Lipinski definition) is 1. The molecule has 1 amide bonds. The minimum Gasteiger partial charge on any atom is -0.453 e. The van der Waals surface area contributed by atoms with E-state index in [0.717, 1.165) is 0 Å². The van der Waals surface area contributed by atoms with E-state index in [1.54, 1.807) is 42.5 Å². The van der Waals surface area contributed by atoms with Crippen LogP contribution in [0.15, 0.2) is 66.9 Å². The van der Waals surface area contributed by atoms with Gasteiger partial charge in [-0.25, -0.2) is 9.31 Å². The van der Waals surface area contributed by atoms with Crippen molar-refractivity contribution in [3.63, 3.8) is 0 Å². The summed E-state index contributed by atoms with van der Waals surface area (Å²) in [6, 6.07) is 15.7. The molecule has 1 N–H and O–H groups in total. The van der Waals surface area contributed by atoms with Gasteiger partial charge in [0, 0.05) is 22.9 Å². The van der Waals surface area contributed by atoms with Gasteiger partial charge in [-0.05, 0) is 24.3 Å². The van der Waals surface area contributed by atoms with E-state index < -0.39 is 24.3 Å². The highest BCUT2D eigenvalue weighted by molar-refractivity contribution is 5.96. The minimum absolute atomic E-state index is 0.000384. The van der Waals surface area contributed by atoms with E-state index in [0.29, 0.717) is 22.3 Å². The van der Waals surface area contributed by atoms with Crippen LogP contribution in [0.3, 0.4) is 0 Å². The van der Waals surface area contributed by atoms with Gasteiger partial charge < -0.3 is 9.47 Å². The molecule has 0 saturated carbocycles. The Morgan fingerprint density at radius 2 is 1.79 bits per heavy atom. The van der Waals surface area contributed by atoms with Crippen molar-refractivity contribution in [1.82, 2.24) is 14.6 Å². The van der Waals surface area contributed by atoms with Gasteiger partial charge in [0.1, 0.15) is 11.9 Å². The van der Waals surface area contributed by atoms with Crippen LogP contribution >= 0.6 is 0 Å². The standard InChI is InChI=1S/C23H15F3N4O4/c24-23(25,26)34-17-8-4-3-5-14(17)13-9-10-19-27-22(29-30(19)12-13)28-20(31)11-18-15-6-1-2-7-16(15)21(32)33-18/h1-10,12,18H,11H2,(H,28,29,31)/t18-/m1/s1. The number of fused-ring (bicyclic) bond motifs is 2. The number of ether oxygens (including phenoxy) is 2. The summed E-state index contributed by atoms with van der Waals surface area (Å²) < 4.78 is 49.0. The molecule has 0 spiro atoms. The molecule has 5 rings (SSSR count). The van der Waals surface area contributed by atoms with E-state index in [9.17, 15) is 22.8 Å². The number of carbonyl (C=O) groups is 2. The molecule has 0 fully saturated rings. The number of anilines is 1. The zero-order chi connectivity index (χ0) is 23.9. The van der Waals surface area contributed by atoms with Gasteiger partial charge in [0.15, 0.2) is 5.65 Å². The van der Waals surface area contributed by atoms with Gasteiger partial charge in [0.2, 0.25) is 11.9 Å². The predicted octanol–water partition coefficient (Wildman–Crippen LogP) is 4.54. The molecule has 172 valence electrons. The Hall–Kier alpha value is -4.41. The van der Waals surface area contributed by atoms with Gasteiger partial charge in [-0.2, -0.15) is 4.98 Å². The Balaban J connectivity index is 1.34. The normalized spacial score (nSPS) is 15.1. The first-order chi connectivity index (χ1) is 16.3. The second kappa shape index (κ2) is 8.18. The zero-order valence-electron chi connectivity index (χ0n) is 17.2. The van der Waals surface area contributed by atoms with Crippen LogP contribution in [0.2, 0.25) is 0 Å². The molecule has 34 heavy (non-hydrogen) atoms. The van der Waals surface area contributed by atoms with E-state index >= 15 is 0 Å². The van der Waals surface area contributed by atoms with Crippen molar-refractivity contribution in [2.75, 3.05) is 5.32 Å². The van der Waals surface area contributed by atoms with Crippen LogP contribution in [-0.4, -0.2) is 32.8 Å². The van der Waals surface area contributed by atoms with Gasteiger partial charge in [-0.3, -0.25) is 10.1 Å². The number of carbonyl (C=O) groups excluding carboxylic acids is 2. The molecule has 0 unspecified atom stereocenters. The van der Waals surface area contributed by atoms with Crippen molar-refractivity contribution in [3.8, 4) is 16.9 Å². The Bertz CT molecular complexity index is 1420. The summed E-state index contributed by atoms with van der Waals surface area (Å²) in [5.74, 6) is -1.30. The van der Waals surface area contributed by atoms with E-state index in [1.165, 1.54) is 28.9 Å². The van der Waals surface area contributed by atoms with Crippen molar-refractivity contribution in [2.24, 2.45) is 0 Å². The maximum absolute atomic E-state index is 12.7. The number of amides is 1.